The zero-order valence-electron chi connectivity index (χ0n) is 25.8. The molecule has 0 unspecified atom stereocenters. The fourth-order valence-corrected chi connectivity index (χ4v) is 3.86. The lowest BCUT2D eigenvalue weighted by molar-refractivity contribution is 0.0517. The van der Waals surface area contributed by atoms with Crippen molar-refractivity contribution in [3.63, 3.8) is 0 Å². The number of hydrogen-bond donors (Lipinski definition) is 3. The van der Waals surface area contributed by atoms with Gasteiger partial charge in [0.15, 0.2) is 0 Å². The van der Waals surface area contributed by atoms with Crippen LogP contribution in [-0.2, 0) is 22.3 Å². The molecule has 0 spiro atoms. The van der Waals surface area contributed by atoms with Crippen molar-refractivity contribution in [3.05, 3.63) is 71.8 Å². The largest absolute Gasteiger partial charge is 0.444 e. The van der Waals surface area contributed by atoms with Gasteiger partial charge in [-0.25, -0.2) is 9.59 Å². The first kappa shape index (κ1) is 35.0. The van der Waals surface area contributed by atoms with Gasteiger partial charge in [-0.05, 0) is 111 Å². The smallest absolute Gasteiger partial charge is 0.407 e. The second kappa shape index (κ2) is 19.1. The molecular formula is C33H53N3O4. The summed E-state index contributed by atoms with van der Waals surface area (Å²) in [5, 5.41) is 8.95. The van der Waals surface area contributed by atoms with Gasteiger partial charge in [-0.3, -0.25) is 0 Å². The van der Waals surface area contributed by atoms with Crippen LogP contribution in [0.4, 0.5) is 9.59 Å². The molecule has 0 saturated heterocycles. The molecule has 2 aromatic rings. The van der Waals surface area contributed by atoms with Gasteiger partial charge in [0.2, 0.25) is 0 Å². The van der Waals surface area contributed by atoms with Crippen molar-refractivity contribution in [2.24, 2.45) is 5.92 Å². The summed E-state index contributed by atoms with van der Waals surface area (Å²) in [7, 11) is 0. The molecule has 7 nitrogen and oxygen atoms in total. The number of ether oxygens (including phenoxy) is 2. The minimum absolute atomic E-state index is 0.342. The minimum atomic E-state index is -0.451. The molecule has 40 heavy (non-hydrogen) atoms. The Kier molecular flexibility index (Phi) is 16.7. The maximum absolute atomic E-state index is 11.7. The zero-order valence-corrected chi connectivity index (χ0v) is 25.8. The van der Waals surface area contributed by atoms with Crippen LogP contribution in [0.15, 0.2) is 60.7 Å². The summed E-state index contributed by atoms with van der Waals surface area (Å²) >= 11 is 0. The van der Waals surface area contributed by atoms with Crippen molar-refractivity contribution in [1.82, 2.24) is 16.0 Å². The lowest BCUT2D eigenvalue weighted by Gasteiger charge is -2.20. The molecule has 0 aliphatic carbocycles. The first-order chi connectivity index (χ1) is 18.9. The number of aryl methyl sites for hydroxylation is 2. The number of carbonyl (C=O) groups excluding carboxylic acids is 2. The van der Waals surface area contributed by atoms with Crippen LogP contribution in [0.3, 0.4) is 0 Å². The molecule has 0 aliphatic rings. The van der Waals surface area contributed by atoms with Crippen molar-refractivity contribution in [3.8, 4) is 0 Å². The Labute approximate surface area is 242 Å². The second-order valence-electron chi connectivity index (χ2n) is 11.9. The molecule has 0 bridgehead atoms. The van der Waals surface area contributed by atoms with Crippen molar-refractivity contribution in [2.45, 2.75) is 91.8 Å². The van der Waals surface area contributed by atoms with Crippen molar-refractivity contribution < 1.29 is 19.1 Å². The van der Waals surface area contributed by atoms with Crippen LogP contribution in [0.2, 0.25) is 0 Å². The molecule has 0 aromatic heterocycles. The summed E-state index contributed by atoms with van der Waals surface area (Å²) in [5.74, 6) is 0.629. The van der Waals surface area contributed by atoms with Crippen molar-refractivity contribution >= 4 is 12.2 Å². The molecule has 7 heteroatoms. The molecule has 0 aliphatic heterocycles. The Hall–Kier alpha value is -3.06. The Balaban J connectivity index is 0.000000680. The first-order valence-corrected chi connectivity index (χ1v) is 14.6. The number of alkyl carbamates (subject to hydrolysis) is 2. The van der Waals surface area contributed by atoms with Crippen molar-refractivity contribution in [2.75, 3.05) is 26.2 Å². The third-order valence-corrected chi connectivity index (χ3v) is 5.72. The van der Waals surface area contributed by atoms with E-state index in [-0.39, 0.29) is 17.8 Å². The molecule has 3 N–H and O–H groups in total. The topological polar surface area (TPSA) is 88.7 Å². The highest BCUT2D eigenvalue weighted by molar-refractivity contribution is 5.67. The number of benzene rings is 2. The maximum atomic E-state index is 11.7. The quantitative estimate of drug-likeness (QED) is 0.234. The predicted molar refractivity (Wildman–Crippen MR) is 165 cm³/mol. The van der Waals surface area contributed by atoms with E-state index in [1.807, 2.05) is 48.5 Å². The maximum Gasteiger partial charge on any atom is 0.407 e. The van der Waals surface area contributed by atoms with Gasteiger partial charge in [-0.2, -0.15) is 0 Å². The summed E-state index contributed by atoms with van der Waals surface area (Å²) in [5.41, 5.74) is 1.97. The molecule has 0 radical (unpaired) electrons. The summed E-state index contributed by atoms with van der Waals surface area (Å²) in [6.07, 6.45) is 4.79. The fourth-order valence-electron chi connectivity index (χ4n) is 3.86. The minimum Gasteiger partial charge on any atom is -0.444 e. The average Bonchev–Trinajstić information content (AvgIpc) is 2.87. The Morgan fingerprint density at radius 2 is 1.15 bits per heavy atom. The van der Waals surface area contributed by atoms with Crippen LogP contribution in [0, 0.1) is 5.92 Å². The van der Waals surface area contributed by atoms with E-state index in [1.54, 1.807) is 0 Å². The number of amides is 2. The predicted octanol–water partition coefficient (Wildman–Crippen LogP) is 6.90. The molecule has 2 aromatic carbocycles. The van der Waals surface area contributed by atoms with Gasteiger partial charge < -0.3 is 25.4 Å². The number of nitrogens with one attached hydrogen (secondary N) is 3. The van der Waals surface area contributed by atoms with E-state index in [2.05, 4.69) is 76.6 Å². The molecule has 2 rings (SSSR count). The molecule has 0 heterocycles. The van der Waals surface area contributed by atoms with E-state index in [9.17, 15) is 9.59 Å². The van der Waals surface area contributed by atoms with Crippen LogP contribution in [0.5, 0.6) is 0 Å². The van der Waals surface area contributed by atoms with E-state index in [1.165, 1.54) is 24.0 Å². The van der Waals surface area contributed by atoms with Crippen LogP contribution in [0.25, 0.3) is 0 Å². The third-order valence-electron chi connectivity index (χ3n) is 5.72. The van der Waals surface area contributed by atoms with E-state index in [0.717, 1.165) is 32.4 Å². The van der Waals surface area contributed by atoms with Crippen LogP contribution < -0.4 is 16.0 Å². The molecule has 0 atom stereocenters. The molecule has 0 fully saturated rings. The van der Waals surface area contributed by atoms with Crippen molar-refractivity contribution in [1.29, 1.82) is 0 Å². The lowest BCUT2D eigenvalue weighted by atomic mass is 9.93. The SMILES string of the molecule is CC(C)(C)OC(=O)NCCCNCC(CCc1ccccc1)CCc1ccccc1.CCNC(=O)OC(C)(C)C. The molecular weight excluding hydrogens is 502 g/mol. The van der Waals surface area contributed by atoms with E-state index >= 15 is 0 Å². The van der Waals surface area contributed by atoms with Crippen LogP contribution in [0.1, 0.15) is 78.9 Å². The molecule has 0 saturated carbocycles. The van der Waals surface area contributed by atoms with Crippen LogP contribution >= 0.6 is 0 Å². The van der Waals surface area contributed by atoms with E-state index in [4.69, 9.17) is 9.47 Å². The zero-order chi connectivity index (χ0) is 29.9. The van der Waals surface area contributed by atoms with Gasteiger partial charge in [-0.15, -0.1) is 0 Å². The average molecular weight is 556 g/mol. The highest BCUT2D eigenvalue weighted by Crippen LogP contribution is 2.16. The van der Waals surface area contributed by atoms with Gasteiger partial charge in [0.1, 0.15) is 11.2 Å². The summed E-state index contributed by atoms with van der Waals surface area (Å²) in [6.45, 7) is 16.1. The standard InChI is InChI=1S/C26H38N2O2.C7H15NO2/c1-26(2,3)30-25(29)28-20-10-19-27-21-24(17-15-22-11-6-4-7-12-22)18-16-23-13-8-5-9-14-23;1-5-8-6(9)10-7(2,3)4/h4-9,11-14,24,27H,10,15-21H2,1-3H3,(H,28,29);5H2,1-4H3,(H,8,9). The Bertz CT molecular complexity index is 894. The highest BCUT2D eigenvalue weighted by Gasteiger charge is 2.16. The monoisotopic (exact) mass is 555 g/mol. The number of rotatable bonds is 13. The van der Waals surface area contributed by atoms with Gasteiger partial charge in [-0.1, -0.05) is 60.7 Å². The summed E-state index contributed by atoms with van der Waals surface area (Å²) in [4.78, 5) is 22.4. The molecule has 2 amide bonds. The normalized spacial score (nSPS) is 11.3. The second-order valence-corrected chi connectivity index (χ2v) is 11.9. The Morgan fingerprint density at radius 3 is 1.57 bits per heavy atom. The third kappa shape index (κ3) is 19.9. The highest BCUT2D eigenvalue weighted by atomic mass is 16.6. The number of carbonyl (C=O) groups is 2. The van der Waals surface area contributed by atoms with E-state index < -0.39 is 5.60 Å². The fraction of sp³-hybridized carbons (Fsp3) is 0.576. The molecule has 224 valence electrons. The summed E-state index contributed by atoms with van der Waals surface area (Å²) < 4.78 is 10.2. The lowest BCUT2D eigenvalue weighted by Crippen LogP contribution is -2.34. The van der Waals surface area contributed by atoms with Crippen LogP contribution in [-0.4, -0.2) is 49.6 Å². The van der Waals surface area contributed by atoms with Gasteiger partial charge >= 0.3 is 12.2 Å². The van der Waals surface area contributed by atoms with E-state index in [0.29, 0.717) is 19.0 Å². The van der Waals surface area contributed by atoms with Gasteiger partial charge in [0.25, 0.3) is 0 Å². The van der Waals surface area contributed by atoms with Gasteiger partial charge in [0, 0.05) is 13.1 Å². The summed E-state index contributed by atoms with van der Waals surface area (Å²) in [6, 6.07) is 21.5. The van der Waals surface area contributed by atoms with Gasteiger partial charge in [0.05, 0.1) is 0 Å². The number of hydrogen-bond acceptors (Lipinski definition) is 5. The first-order valence-electron chi connectivity index (χ1n) is 14.6. The Morgan fingerprint density at radius 1 is 0.700 bits per heavy atom.